The number of carboxylic acids is 1. The van der Waals surface area contributed by atoms with Gasteiger partial charge in [0, 0.05) is 37.9 Å². The second-order valence-corrected chi connectivity index (χ2v) is 8.08. The monoisotopic (exact) mass is 401 g/mol. The lowest BCUT2D eigenvalue weighted by Crippen LogP contribution is -2.49. The Labute approximate surface area is 169 Å². The van der Waals surface area contributed by atoms with Gasteiger partial charge in [0.1, 0.15) is 0 Å². The minimum Gasteiger partial charge on any atom is -0.478 e. The van der Waals surface area contributed by atoms with Gasteiger partial charge in [0.15, 0.2) is 0 Å². The molecule has 2 heterocycles. The number of benzene rings is 1. The van der Waals surface area contributed by atoms with Crippen LogP contribution in [0.25, 0.3) is 0 Å². The molecule has 1 aromatic carbocycles. The van der Waals surface area contributed by atoms with Crippen LogP contribution in [0, 0.1) is 0 Å². The minimum atomic E-state index is -0.982. The fourth-order valence-electron chi connectivity index (χ4n) is 3.67. The molecule has 1 saturated heterocycles. The van der Waals surface area contributed by atoms with Crippen LogP contribution in [0.2, 0.25) is 0 Å². The summed E-state index contributed by atoms with van der Waals surface area (Å²) in [4.78, 5) is 29.3. The lowest BCUT2D eigenvalue weighted by Gasteiger charge is -2.39. The molecule has 2 N–H and O–H groups in total. The number of nitrogens with zero attached hydrogens (tertiary/aromatic N) is 2. The van der Waals surface area contributed by atoms with E-state index < -0.39 is 5.97 Å². The van der Waals surface area contributed by atoms with E-state index in [1.807, 2.05) is 11.4 Å². The molecule has 0 radical (unpaired) electrons. The van der Waals surface area contributed by atoms with Crippen LogP contribution in [-0.4, -0.2) is 54.1 Å². The number of nitrogens with one attached hydrogen (secondary N) is 1. The van der Waals surface area contributed by atoms with Crippen molar-refractivity contribution in [3.8, 4) is 0 Å². The summed E-state index contributed by atoms with van der Waals surface area (Å²) in [6, 6.07) is 9.24. The smallest absolute Gasteiger partial charge is 0.337 e. The molecule has 150 valence electrons. The molecule has 1 atom stereocenters. The van der Waals surface area contributed by atoms with Crippen LogP contribution in [0.1, 0.15) is 46.7 Å². The van der Waals surface area contributed by atoms with E-state index >= 15 is 0 Å². The molecule has 0 aliphatic carbocycles. The number of amides is 1. The van der Waals surface area contributed by atoms with Crippen LogP contribution in [-0.2, 0) is 0 Å². The first-order valence-corrected chi connectivity index (χ1v) is 10.6. The highest BCUT2D eigenvalue weighted by molar-refractivity contribution is 7.12. The molecule has 28 heavy (non-hydrogen) atoms. The largest absolute Gasteiger partial charge is 0.478 e. The molecule has 1 aliphatic heterocycles. The van der Waals surface area contributed by atoms with Crippen molar-refractivity contribution < 1.29 is 14.7 Å². The van der Waals surface area contributed by atoms with Crippen molar-refractivity contribution in [2.24, 2.45) is 0 Å². The fraction of sp³-hybridized carbons (Fsp3) is 0.429. The predicted octanol–water partition coefficient (Wildman–Crippen LogP) is 4.01. The second-order valence-electron chi connectivity index (χ2n) is 7.13. The van der Waals surface area contributed by atoms with Crippen molar-refractivity contribution in [3.05, 3.63) is 46.2 Å². The average Bonchev–Trinajstić information content (AvgIpc) is 3.23. The predicted molar refractivity (Wildman–Crippen MR) is 114 cm³/mol. The number of piperazine rings is 1. The molecule has 1 aliphatic rings. The van der Waals surface area contributed by atoms with Gasteiger partial charge in [0.25, 0.3) is 5.91 Å². The van der Waals surface area contributed by atoms with Gasteiger partial charge in [-0.2, -0.15) is 0 Å². The number of anilines is 2. The van der Waals surface area contributed by atoms with Crippen molar-refractivity contribution in [1.29, 1.82) is 0 Å². The number of carbonyl (C=O) groups is 2. The van der Waals surface area contributed by atoms with E-state index in [0.717, 1.165) is 26.2 Å². The average molecular weight is 402 g/mol. The van der Waals surface area contributed by atoms with Crippen LogP contribution >= 0.6 is 11.3 Å². The summed E-state index contributed by atoms with van der Waals surface area (Å²) < 4.78 is 0. The summed E-state index contributed by atoms with van der Waals surface area (Å²) in [5.41, 5.74) is 1.43. The normalized spacial score (nSPS) is 16.0. The molecule has 1 amide bonds. The summed E-state index contributed by atoms with van der Waals surface area (Å²) in [6.07, 6.45) is 2.35. The Bertz CT molecular complexity index is 814. The second kappa shape index (κ2) is 9.21. The Morgan fingerprint density at radius 2 is 1.96 bits per heavy atom. The number of thiophene rings is 1. The third kappa shape index (κ3) is 4.72. The Morgan fingerprint density at radius 1 is 1.21 bits per heavy atom. The topological polar surface area (TPSA) is 72.9 Å². The Balaban J connectivity index is 1.72. The summed E-state index contributed by atoms with van der Waals surface area (Å²) in [6.45, 7) is 7.91. The zero-order valence-corrected chi connectivity index (χ0v) is 17.2. The van der Waals surface area contributed by atoms with Crippen LogP contribution in [0.3, 0.4) is 0 Å². The zero-order valence-electron chi connectivity index (χ0n) is 16.4. The van der Waals surface area contributed by atoms with E-state index in [4.69, 9.17) is 0 Å². The van der Waals surface area contributed by atoms with Crippen molar-refractivity contribution in [1.82, 2.24) is 4.90 Å². The molecular formula is C21H27N3O3S. The molecule has 1 fully saturated rings. The highest BCUT2D eigenvalue weighted by Gasteiger charge is 2.24. The maximum Gasteiger partial charge on any atom is 0.337 e. The molecule has 0 spiro atoms. The molecule has 0 saturated carbocycles. The van der Waals surface area contributed by atoms with E-state index in [2.05, 4.69) is 29.0 Å². The number of hydrogen-bond acceptors (Lipinski definition) is 5. The first-order valence-electron chi connectivity index (χ1n) is 9.70. The molecule has 1 aromatic heterocycles. The standard InChI is InChI=1S/C21H27N3O3S/c1-3-5-15(2)23-9-11-24(12-10-23)18-8-7-16(14-17(18)21(26)27)22-20(25)19-6-4-13-28-19/h4,6-8,13-15H,3,5,9-12H2,1-2H3,(H,22,25)(H,26,27). The van der Waals surface area contributed by atoms with Gasteiger partial charge >= 0.3 is 5.97 Å². The third-order valence-corrected chi connectivity index (χ3v) is 6.08. The highest BCUT2D eigenvalue weighted by atomic mass is 32.1. The number of carboxylic acid groups (broad SMARTS) is 1. The van der Waals surface area contributed by atoms with Gasteiger partial charge in [-0.1, -0.05) is 19.4 Å². The maximum atomic E-state index is 12.2. The number of rotatable bonds is 7. The summed E-state index contributed by atoms with van der Waals surface area (Å²) >= 11 is 1.35. The van der Waals surface area contributed by atoms with Gasteiger partial charge < -0.3 is 15.3 Å². The maximum absolute atomic E-state index is 12.2. The summed E-state index contributed by atoms with van der Waals surface area (Å²) in [5.74, 6) is -1.21. The van der Waals surface area contributed by atoms with E-state index in [9.17, 15) is 14.7 Å². The van der Waals surface area contributed by atoms with Crippen molar-refractivity contribution in [2.75, 3.05) is 36.4 Å². The van der Waals surface area contributed by atoms with Crippen LogP contribution in [0.5, 0.6) is 0 Å². The van der Waals surface area contributed by atoms with E-state index in [1.54, 1.807) is 24.3 Å². The minimum absolute atomic E-state index is 0.221. The zero-order chi connectivity index (χ0) is 20.1. The lowest BCUT2D eigenvalue weighted by atomic mass is 10.1. The Morgan fingerprint density at radius 3 is 2.57 bits per heavy atom. The van der Waals surface area contributed by atoms with Crippen LogP contribution in [0.4, 0.5) is 11.4 Å². The van der Waals surface area contributed by atoms with Gasteiger partial charge in [0.2, 0.25) is 0 Å². The SMILES string of the molecule is CCCC(C)N1CCN(c2ccc(NC(=O)c3cccs3)cc2C(=O)O)CC1. The highest BCUT2D eigenvalue weighted by Crippen LogP contribution is 2.27. The molecule has 1 unspecified atom stereocenters. The number of hydrogen-bond donors (Lipinski definition) is 2. The summed E-state index contributed by atoms with van der Waals surface area (Å²) in [7, 11) is 0. The first-order chi connectivity index (χ1) is 13.5. The van der Waals surface area contributed by atoms with Gasteiger partial charge in [-0.25, -0.2) is 4.79 Å². The van der Waals surface area contributed by atoms with Crippen LogP contribution in [0.15, 0.2) is 35.7 Å². The lowest BCUT2D eigenvalue weighted by molar-refractivity contribution is 0.0697. The molecule has 7 heteroatoms. The fourth-order valence-corrected chi connectivity index (χ4v) is 4.28. The van der Waals surface area contributed by atoms with Crippen molar-refractivity contribution in [3.63, 3.8) is 0 Å². The van der Waals surface area contributed by atoms with Crippen molar-refractivity contribution >= 4 is 34.6 Å². The van der Waals surface area contributed by atoms with Crippen LogP contribution < -0.4 is 10.2 Å². The molecule has 3 rings (SSSR count). The molecule has 6 nitrogen and oxygen atoms in total. The van der Waals surface area contributed by atoms with Gasteiger partial charge in [-0.05, 0) is 43.0 Å². The molecule has 2 aromatic rings. The first kappa shape index (κ1) is 20.4. The molecular weight excluding hydrogens is 374 g/mol. The number of carbonyl (C=O) groups excluding carboxylic acids is 1. The van der Waals surface area contributed by atoms with Crippen molar-refractivity contribution in [2.45, 2.75) is 32.7 Å². The van der Waals surface area contributed by atoms with Gasteiger partial charge in [0.05, 0.1) is 16.1 Å². The van der Waals surface area contributed by atoms with Gasteiger partial charge in [-0.15, -0.1) is 11.3 Å². The summed E-state index contributed by atoms with van der Waals surface area (Å²) in [5, 5.41) is 14.3. The number of aromatic carboxylic acids is 1. The molecule has 0 bridgehead atoms. The van der Waals surface area contributed by atoms with E-state index in [0.29, 0.717) is 22.3 Å². The Hall–Kier alpha value is -2.38. The quantitative estimate of drug-likeness (QED) is 0.733. The van der Waals surface area contributed by atoms with Gasteiger partial charge in [-0.3, -0.25) is 9.69 Å². The van der Waals surface area contributed by atoms with E-state index in [1.165, 1.54) is 24.2 Å². The Kier molecular flexibility index (Phi) is 6.70. The third-order valence-electron chi connectivity index (χ3n) is 5.21. The van der Waals surface area contributed by atoms with E-state index in [-0.39, 0.29) is 11.5 Å².